The van der Waals surface area contributed by atoms with Crippen LogP contribution in [0.5, 0.6) is 28.9 Å². The molecule has 0 bridgehead atoms. The Morgan fingerprint density at radius 3 is 2.22 bits per heavy atom. The van der Waals surface area contributed by atoms with Gasteiger partial charge in [0, 0.05) is 24.2 Å². The quantitative estimate of drug-likeness (QED) is 0.120. The molecule has 11 nitrogen and oxygen atoms in total. The number of methoxy groups -OCH3 is 1. The highest BCUT2D eigenvalue weighted by Gasteiger charge is 2.27. The van der Waals surface area contributed by atoms with Crippen molar-refractivity contribution in [2.24, 2.45) is 0 Å². The van der Waals surface area contributed by atoms with E-state index in [4.69, 9.17) is 18.9 Å². The van der Waals surface area contributed by atoms with E-state index < -0.39 is 16.3 Å². The maximum absolute atomic E-state index is 13.7. The third kappa shape index (κ3) is 7.69. The third-order valence-electron chi connectivity index (χ3n) is 6.45. The first-order chi connectivity index (χ1) is 22.3. The molecule has 1 N–H and O–H groups in total. The molecule has 0 aliphatic carbocycles. The molecule has 0 aliphatic heterocycles. The average molecular weight is 638 g/mol. The number of rotatable bonds is 12. The number of ether oxygens (including phenoxy) is 4. The van der Waals surface area contributed by atoms with E-state index in [-0.39, 0.29) is 40.0 Å². The zero-order valence-electron chi connectivity index (χ0n) is 25.5. The molecular formula is C34H31N5O6S. The van der Waals surface area contributed by atoms with Gasteiger partial charge >= 0.3 is 6.29 Å². The van der Waals surface area contributed by atoms with Crippen LogP contribution in [0.2, 0.25) is 0 Å². The summed E-state index contributed by atoms with van der Waals surface area (Å²) in [6.45, 7) is 5.62. The lowest BCUT2D eigenvalue weighted by molar-refractivity contribution is 0.0494. The van der Waals surface area contributed by atoms with Crippen LogP contribution in [0, 0.1) is 11.8 Å². The van der Waals surface area contributed by atoms with Gasteiger partial charge in [-0.2, -0.15) is 13.4 Å². The summed E-state index contributed by atoms with van der Waals surface area (Å²) >= 11 is 0. The fraction of sp³-hybridized carbons (Fsp3) is 0.176. The lowest BCUT2D eigenvalue weighted by Crippen LogP contribution is -2.24. The van der Waals surface area contributed by atoms with Crippen LogP contribution in [0.25, 0.3) is 11.4 Å². The molecule has 0 aliphatic rings. The number of anilines is 1. The number of nitrogens with one attached hydrogen (secondary N) is 1. The Hall–Kier alpha value is -5.67. The third-order valence-corrected chi connectivity index (χ3v) is 7.71. The fourth-order valence-corrected chi connectivity index (χ4v) is 5.05. The van der Waals surface area contributed by atoms with Crippen molar-refractivity contribution >= 4 is 15.8 Å². The molecular weight excluding hydrogens is 606 g/mol. The summed E-state index contributed by atoms with van der Waals surface area (Å²) in [6, 6.07) is 22.3. The summed E-state index contributed by atoms with van der Waals surface area (Å²) in [6.07, 6.45) is 3.48. The molecule has 0 fully saturated rings. The van der Waals surface area contributed by atoms with Gasteiger partial charge in [-0.05, 0) is 66.8 Å². The first-order valence-electron chi connectivity index (χ1n) is 14.2. The van der Waals surface area contributed by atoms with Crippen LogP contribution in [-0.4, -0.2) is 41.8 Å². The number of pyridine rings is 2. The average Bonchev–Trinajstić information content (AvgIpc) is 3.07. The van der Waals surface area contributed by atoms with Crippen LogP contribution < -0.4 is 23.7 Å². The zero-order chi connectivity index (χ0) is 32.5. The van der Waals surface area contributed by atoms with Gasteiger partial charge in [0.05, 0.1) is 7.11 Å². The molecule has 46 heavy (non-hydrogen) atoms. The van der Waals surface area contributed by atoms with E-state index in [9.17, 15) is 8.42 Å². The first-order valence-corrected chi connectivity index (χ1v) is 15.7. The normalized spacial score (nSPS) is 11.6. The van der Waals surface area contributed by atoms with E-state index in [2.05, 4.69) is 36.5 Å². The molecule has 1 unspecified atom stereocenters. The van der Waals surface area contributed by atoms with Gasteiger partial charge in [-0.1, -0.05) is 56.2 Å². The summed E-state index contributed by atoms with van der Waals surface area (Å²) in [4.78, 5) is 17.5. The first kappa shape index (κ1) is 31.7. The highest BCUT2D eigenvalue weighted by atomic mass is 32.2. The van der Waals surface area contributed by atoms with E-state index >= 15 is 0 Å². The molecule has 5 rings (SSSR count). The van der Waals surface area contributed by atoms with E-state index in [0.29, 0.717) is 17.1 Å². The number of hydrogen-bond donors (Lipinski definition) is 1. The van der Waals surface area contributed by atoms with Crippen LogP contribution in [0.1, 0.15) is 32.3 Å². The lowest BCUT2D eigenvalue weighted by atomic mass is 10.1. The molecule has 3 aromatic heterocycles. The molecule has 234 valence electrons. The predicted octanol–water partition coefficient (Wildman–Crippen LogP) is 6.47. The fourth-order valence-electron chi connectivity index (χ4n) is 4.11. The molecule has 5 aromatic rings. The summed E-state index contributed by atoms with van der Waals surface area (Å²) in [5.74, 6) is 6.52. The number of hydrogen-bond acceptors (Lipinski definition) is 10. The Balaban J connectivity index is 1.67. The Morgan fingerprint density at radius 2 is 1.57 bits per heavy atom. The minimum absolute atomic E-state index is 0.119. The molecule has 0 saturated carbocycles. The van der Waals surface area contributed by atoms with Gasteiger partial charge in [0.15, 0.2) is 28.2 Å². The molecule has 0 spiro atoms. The molecule has 2 aromatic carbocycles. The van der Waals surface area contributed by atoms with Gasteiger partial charge in [0.25, 0.3) is 15.9 Å². The van der Waals surface area contributed by atoms with Crippen LogP contribution >= 0.6 is 0 Å². The second-order valence-corrected chi connectivity index (χ2v) is 11.6. The van der Waals surface area contributed by atoms with Crippen molar-refractivity contribution in [2.45, 2.75) is 38.0 Å². The van der Waals surface area contributed by atoms with Crippen molar-refractivity contribution < 1.29 is 27.4 Å². The van der Waals surface area contributed by atoms with Crippen molar-refractivity contribution in [3.8, 4) is 52.1 Å². The van der Waals surface area contributed by atoms with Gasteiger partial charge in [-0.15, -0.1) is 0 Å². The molecule has 12 heteroatoms. The molecule has 0 radical (unpaired) electrons. The number of sulfonamides is 1. The number of benzene rings is 2. The summed E-state index contributed by atoms with van der Waals surface area (Å²) in [5, 5.41) is -0.214. The number of para-hydroxylation sites is 3. The van der Waals surface area contributed by atoms with Crippen molar-refractivity contribution in [1.29, 1.82) is 0 Å². The van der Waals surface area contributed by atoms with E-state index in [0.717, 1.165) is 5.56 Å². The standard InChI is InChI=1S/C34H31N5O6S/c1-5-11-30(43-26-12-7-6-8-13-26)45-34-31(44-28-15-10-9-14-27(28)42-4)33(37-32(38-34)24-18-20-35-21-19-24)39-46(40,41)29-17-16-25(22-36-29)23(2)3/h6-10,12-23,30H,1-4H3,(H,37,38,39). The summed E-state index contributed by atoms with van der Waals surface area (Å²) in [5.41, 5.74) is 1.42. The van der Waals surface area contributed by atoms with Crippen LogP contribution in [-0.2, 0) is 10.0 Å². The van der Waals surface area contributed by atoms with Crippen LogP contribution in [0.3, 0.4) is 0 Å². The predicted molar refractivity (Wildman–Crippen MR) is 172 cm³/mol. The topological polar surface area (TPSA) is 135 Å². The van der Waals surface area contributed by atoms with Gasteiger partial charge in [-0.25, -0.2) is 9.97 Å². The van der Waals surface area contributed by atoms with Crippen LogP contribution in [0.15, 0.2) is 102 Å². The highest BCUT2D eigenvalue weighted by Crippen LogP contribution is 2.42. The Morgan fingerprint density at radius 1 is 0.848 bits per heavy atom. The van der Waals surface area contributed by atoms with Gasteiger partial charge < -0.3 is 18.9 Å². The smallest absolute Gasteiger partial charge is 0.307 e. The number of nitrogens with zero attached hydrogens (tertiary/aromatic N) is 4. The lowest BCUT2D eigenvalue weighted by Gasteiger charge is -2.20. The van der Waals surface area contributed by atoms with E-state index in [1.165, 1.54) is 19.4 Å². The summed E-state index contributed by atoms with van der Waals surface area (Å²) in [7, 11) is -2.79. The van der Waals surface area contributed by atoms with E-state index in [1.54, 1.807) is 73.9 Å². The van der Waals surface area contributed by atoms with Crippen molar-refractivity contribution in [3.05, 3.63) is 103 Å². The summed E-state index contributed by atoms with van der Waals surface area (Å²) < 4.78 is 54.0. The van der Waals surface area contributed by atoms with Gasteiger partial charge in [-0.3, -0.25) is 9.71 Å². The maximum Gasteiger partial charge on any atom is 0.307 e. The van der Waals surface area contributed by atoms with Crippen molar-refractivity contribution in [2.75, 3.05) is 11.8 Å². The Bertz CT molecular complexity index is 1950. The second kappa shape index (κ2) is 14.4. The molecule has 0 saturated heterocycles. The van der Waals surface area contributed by atoms with Crippen molar-refractivity contribution in [3.63, 3.8) is 0 Å². The second-order valence-electron chi connectivity index (χ2n) is 9.98. The SMILES string of the molecule is CC#CC(Oc1ccccc1)Oc1nc(-c2ccncc2)nc(NS(=O)(=O)c2ccc(C(C)C)cn2)c1Oc1ccccc1OC. The monoisotopic (exact) mass is 637 g/mol. The van der Waals surface area contributed by atoms with Crippen LogP contribution in [0.4, 0.5) is 5.82 Å². The van der Waals surface area contributed by atoms with Gasteiger partial charge in [0.1, 0.15) is 5.75 Å². The zero-order valence-corrected chi connectivity index (χ0v) is 26.4. The number of aromatic nitrogens is 4. The highest BCUT2D eigenvalue weighted by molar-refractivity contribution is 7.92. The Kier molecular flexibility index (Phi) is 9.94. The minimum Gasteiger partial charge on any atom is -0.493 e. The Labute approximate surface area is 267 Å². The molecule has 3 heterocycles. The van der Waals surface area contributed by atoms with E-state index in [1.807, 2.05) is 32.0 Å². The molecule has 0 amide bonds. The van der Waals surface area contributed by atoms with Crippen molar-refractivity contribution in [1.82, 2.24) is 19.9 Å². The molecule has 1 atom stereocenters. The maximum atomic E-state index is 13.7. The largest absolute Gasteiger partial charge is 0.493 e. The minimum atomic E-state index is -4.28. The van der Waals surface area contributed by atoms with Gasteiger partial charge in [0.2, 0.25) is 5.75 Å².